The second-order valence-electron chi connectivity index (χ2n) is 4.16. The second-order valence-corrected chi connectivity index (χ2v) is 5.52. The Kier molecular flexibility index (Phi) is 4.55. The van der Waals surface area contributed by atoms with E-state index in [2.05, 4.69) is 35.6 Å². The molecule has 0 aliphatic carbocycles. The average molecular weight is 283 g/mol. The van der Waals surface area contributed by atoms with Gasteiger partial charge in [0, 0.05) is 11.5 Å². The second kappa shape index (κ2) is 6.16. The highest BCUT2D eigenvalue weighted by atomic mass is 35.5. The molecule has 1 aromatic heterocycles. The Hall–Kier alpha value is -1.13. The predicted octanol–water partition coefficient (Wildman–Crippen LogP) is 4.28. The van der Waals surface area contributed by atoms with E-state index in [-0.39, 0.29) is 0 Å². The van der Waals surface area contributed by atoms with Crippen LogP contribution >= 0.6 is 23.1 Å². The lowest BCUT2D eigenvalue weighted by atomic mass is 9.99. The Labute approximate surface area is 116 Å². The summed E-state index contributed by atoms with van der Waals surface area (Å²) in [4.78, 5) is 0. The zero-order valence-electron chi connectivity index (χ0n) is 10.4. The molecule has 96 valence electrons. The van der Waals surface area contributed by atoms with E-state index in [1.165, 1.54) is 17.1 Å². The maximum atomic E-state index is 5.91. The molecule has 0 saturated heterocycles. The quantitative estimate of drug-likeness (QED) is 0.821. The molecule has 0 spiro atoms. The van der Waals surface area contributed by atoms with Crippen molar-refractivity contribution in [3.05, 3.63) is 39.9 Å². The maximum absolute atomic E-state index is 5.91. The number of hydrogen-bond acceptors (Lipinski definition) is 4. The first-order valence-electron chi connectivity index (χ1n) is 5.90. The third-order valence-electron chi connectivity index (χ3n) is 2.95. The summed E-state index contributed by atoms with van der Waals surface area (Å²) in [6, 6.07) is 8.17. The van der Waals surface area contributed by atoms with Crippen molar-refractivity contribution in [1.29, 1.82) is 0 Å². The van der Waals surface area contributed by atoms with Gasteiger partial charge in [0.1, 0.15) is 22.4 Å². The minimum atomic E-state index is 0.359. The van der Waals surface area contributed by atoms with E-state index in [0.717, 1.165) is 12.2 Å². The number of hydrogen-bond donors (Lipinski definition) is 0. The lowest BCUT2D eigenvalue weighted by Crippen LogP contribution is -1.97. The van der Waals surface area contributed by atoms with Crippen LogP contribution in [0.5, 0.6) is 5.75 Å². The van der Waals surface area contributed by atoms with E-state index >= 15 is 0 Å². The first kappa shape index (κ1) is 13.3. The molecule has 5 heteroatoms. The highest BCUT2D eigenvalue weighted by Gasteiger charge is 2.07. The van der Waals surface area contributed by atoms with Crippen molar-refractivity contribution in [2.24, 2.45) is 0 Å². The van der Waals surface area contributed by atoms with Gasteiger partial charge in [0.15, 0.2) is 0 Å². The molecular formula is C13H15ClN2OS. The summed E-state index contributed by atoms with van der Waals surface area (Å²) < 4.78 is 9.97. The van der Waals surface area contributed by atoms with Gasteiger partial charge in [0.2, 0.25) is 0 Å². The molecule has 3 nitrogen and oxygen atoms in total. The number of benzene rings is 1. The molecule has 0 amide bonds. The number of rotatable bonds is 5. The van der Waals surface area contributed by atoms with Gasteiger partial charge in [-0.3, -0.25) is 0 Å². The zero-order chi connectivity index (χ0) is 13.0. The van der Waals surface area contributed by atoms with Crippen LogP contribution in [0.25, 0.3) is 0 Å². The molecule has 1 unspecified atom stereocenters. The fourth-order valence-corrected chi connectivity index (χ4v) is 2.16. The van der Waals surface area contributed by atoms with Gasteiger partial charge in [0.05, 0.1) is 0 Å². The fraction of sp³-hybridized carbons (Fsp3) is 0.385. The van der Waals surface area contributed by atoms with Gasteiger partial charge < -0.3 is 4.74 Å². The van der Waals surface area contributed by atoms with Crippen LogP contribution in [0, 0.1) is 0 Å². The zero-order valence-corrected chi connectivity index (χ0v) is 12.0. The number of halogens is 1. The first-order valence-corrected chi connectivity index (χ1v) is 7.05. The molecule has 1 atom stereocenters. The number of aromatic nitrogens is 2. The average Bonchev–Trinajstić information content (AvgIpc) is 2.81. The van der Waals surface area contributed by atoms with Gasteiger partial charge in [-0.05, 0) is 30.0 Å². The highest BCUT2D eigenvalue weighted by Crippen LogP contribution is 2.23. The summed E-state index contributed by atoms with van der Waals surface area (Å²) in [5.41, 5.74) is 2.02. The Balaban J connectivity index is 1.96. The number of ether oxygens (including phenoxy) is 1. The third kappa shape index (κ3) is 3.21. The van der Waals surface area contributed by atoms with E-state index in [0.29, 0.717) is 22.6 Å². The third-order valence-corrected chi connectivity index (χ3v) is 3.93. The van der Waals surface area contributed by atoms with Crippen molar-refractivity contribution in [2.75, 3.05) is 0 Å². The lowest BCUT2D eigenvalue weighted by Gasteiger charge is -2.10. The predicted molar refractivity (Wildman–Crippen MR) is 74.4 cm³/mol. The van der Waals surface area contributed by atoms with Crippen LogP contribution < -0.4 is 4.74 Å². The van der Waals surface area contributed by atoms with E-state index < -0.39 is 0 Å². The Morgan fingerprint density at radius 3 is 2.61 bits per heavy atom. The van der Waals surface area contributed by atoms with E-state index in [1.54, 1.807) is 0 Å². The van der Waals surface area contributed by atoms with Crippen molar-refractivity contribution in [3.8, 4) is 5.75 Å². The molecule has 18 heavy (non-hydrogen) atoms. The van der Waals surface area contributed by atoms with Crippen LogP contribution in [0.2, 0.25) is 4.34 Å². The van der Waals surface area contributed by atoms with Crippen LogP contribution in [0.3, 0.4) is 0 Å². The van der Waals surface area contributed by atoms with Crippen LogP contribution in [0.15, 0.2) is 24.3 Å². The van der Waals surface area contributed by atoms with E-state index in [4.69, 9.17) is 16.3 Å². The summed E-state index contributed by atoms with van der Waals surface area (Å²) in [5.74, 6) is 1.40. The summed E-state index contributed by atoms with van der Waals surface area (Å²) in [6.45, 7) is 4.76. The smallest absolute Gasteiger partial charge is 0.141 e. The molecule has 1 heterocycles. The maximum Gasteiger partial charge on any atom is 0.141 e. The highest BCUT2D eigenvalue weighted by molar-refractivity contribution is 7.10. The minimum Gasteiger partial charge on any atom is -0.487 e. The van der Waals surface area contributed by atoms with Gasteiger partial charge in [0.25, 0.3) is 0 Å². The van der Waals surface area contributed by atoms with Gasteiger partial charge in [-0.1, -0.05) is 42.1 Å². The summed E-state index contributed by atoms with van der Waals surface area (Å²) >= 11 is 7.08. The molecule has 0 saturated carbocycles. The van der Waals surface area contributed by atoms with Crippen molar-refractivity contribution >= 4 is 23.1 Å². The molecule has 0 aliphatic rings. The monoisotopic (exact) mass is 282 g/mol. The molecule has 0 bridgehead atoms. The molecule has 1 aromatic carbocycles. The molecule has 0 fully saturated rings. The molecule has 0 N–H and O–H groups in total. The Bertz CT molecular complexity index is 498. The summed E-state index contributed by atoms with van der Waals surface area (Å²) in [5, 5.41) is 3.90. The van der Waals surface area contributed by atoms with Crippen LogP contribution in [0.1, 0.15) is 37.4 Å². The minimum absolute atomic E-state index is 0.359. The number of nitrogens with zero attached hydrogens (tertiary/aromatic N) is 2. The summed E-state index contributed by atoms with van der Waals surface area (Å²) in [6.07, 6.45) is 1.14. The van der Waals surface area contributed by atoms with E-state index in [1.807, 2.05) is 12.1 Å². The van der Waals surface area contributed by atoms with Gasteiger partial charge >= 0.3 is 0 Å². The first-order chi connectivity index (χ1) is 8.70. The van der Waals surface area contributed by atoms with Crippen LogP contribution in [-0.4, -0.2) is 9.59 Å². The van der Waals surface area contributed by atoms with Crippen LogP contribution in [0.4, 0.5) is 0 Å². The van der Waals surface area contributed by atoms with Gasteiger partial charge in [-0.25, -0.2) is 0 Å². The fourth-order valence-electron chi connectivity index (χ4n) is 1.56. The molecule has 0 radical (unpaired) electrons. The summed E-state index contributed by atoms with van der Waals surface area (Å²) in [7, 11) is 0. The van der Waals surface area contributed by atoms with E-state index in [9.17, 15) is 0 Å². The largest absolute Gasteiger partial charge is 0.487 e. The topological polar surface area (TPSA) is 35.0 Å². The standard InChI is InChI=1S/C13H15ClN2OS/c1-3-9(2)10-4-6-11(7-5-10)17-8-12-13(14)18-16-15-12/h4-7,9H,3,8H2,1-2H3. The molecule has 2 rings (SSSR count). The SMILES string of the molecule is CCC(C)c1ccc(OCc2nnsc2Cl)cc1. The van der Waals surface area contributed by atoms with Crippen molar-refractivity contribution < 1.29 is 4.74 Å². The van der Waals surface area contributed by atoms with Gasteiger partial charge in [-0.2, -0.15) is 0 Å². The van der Waals surface area contributed by atoms with Crippen molar-refractivity contribution in [3.63, 3.8) is 0 Å². The normalized spacial score (nSPS) is 12.4. The van der Waals surface area contributed by atoms with Crippen molar-refractivity contribution in [2.45, 2.75) is 32.8 Å². The molecular weight excluding hydrogens is 268 g/mol. The van der Waals surface area contributed by atoms with Gasteiger partial charge in [-0.15, -0.1) is 5.10 Å². The molecule has 0 aliphatic heterocycles. The van der Waals surface area contributed by atoms with Crippen molar-refractivity contribution in [1.82, 2.24) is 9.59 Å². The molecule has 2 aromatic rings. The Morgan fingerprint density at radius 1 is 1.33 bits per heavy atom. The Morgan fingerprint density at radius 2 is 2.06 bits per heavy atom. The lowest BCUT2D eigenvalue weighted by molar-refractivity contribution is 0.301. The van der Waals surface area contributed by atoms with Crippen LogP contribution in [-0.2, 0) is 6.61 Å².